The second kappa shape index (κ2) is 7.28. The molecule has 0 bridgehead atoms. The van der Waals surface area contributed by atoms with Gasteiger partial charge in [-0.25, -0.2) is 5.84 Å². The van der Waals surface area contributed by atoms with Gasteiger partial charge in [-0.15, -0.1) is 0 Å². The lowest BCUT2D eigenvalue weighted by Gasteiger charge is -2.31. The first-order chi connectivity index (χ1) is 10.2. The van der Waals surface area contributed by atoms with Gasteiger partial charge in [0.05, 0.1) is 14.2 Å². The second-order valence-corrected chi connectivity index (χ2v) is 5.25. The number of carbonyl (C=O) groups is 1. The van der Waals surface area contributed by atoms with E-state index in [-0.39, 0.29) is 11.8 Å². The second-order valence-electron chi connectivity index (χ2n) is 5.25. The number of benzene rings is 1. The minimum atomic E-state index is -0.0548. The fraction of sp³-hybridized carbons (Fsp3) is 0.533. The summed E-state index contributed by atoms with van der Waals surface area (Å²) in [4.78, 5) is 13.8. The van der Waals surface area contributed by atoms with E-state index in [1.165, 1.54) is 5.56 Å². The Hall–Kier alpha value is -1.79. The molecule has 0 saturated carbocycles. The maximum atomic E-state index is 11.5. The highest BCUT2D eigenvalue weighted by Gasteiger charge is 2.24. The van der Waals surface area contributed by atoms with E-state index >= 15 is 0 Å². The van der Waals surface area contributed by atoms with Crippen molar-refractivity contribution in [1.82, 2.24) is 10.3 Å². The Morgan fingerprint density at radius 3 is 2.52 bits per heavy atom. The number of nitrogens with one attached hydrogen (secondary N) is 1. The van der Waals surface area contributed by atoms with Gasteiger partial charge in [0.2, 0.25) is 5.91 Å². The number of nitrogens with two attached hydrogens (primary N) is 1. The molecular weight excluding hydrogens is 270 g/mol. The number of ether oxygens (including phenoxy) is 2. The first-order valence-electron chi connectivity index (χ1n) is 7.11. The zero-order valence-corrected chi connectivity index (χ0v) is 12.6. The summed E-state index contributed by atoms with van der Waals surface area (Å²) in [6, 6.07) is 5.96. The molecule has 0 aliphatic carbocycles. The molecule has 1 aromatic carbocycles. The van der Waals surface area contributed by atoms with Gasteiger partial charge in [0.25, 0.3) is 0 Å². The van der Waals surface area contributed by atoms with Crippen molar-refractivity contribution in [2.24, 2.45) is 11.8 Å². The van der Waals surface area contributed by atoms with Gasteiger partial charge in [-0.05, 0) is 43.6 Å². The molecule has 116 valence electrons. The van der Waals surface area contributed by atoms with Gasteiger partial charge in [0.15, 0.2) is 11.5 Å². The highest BCUT2D eigenvalue weighted by molar-refractivity contribution is 5.78. The van der Waals surface area contributed by atoms with Crippen molar-refractivity contribution in [2.45, 2.75) is 19.4 Å². The maximum Gasteiger partial charge on any atom is 0.237 e. The molecule has 1 saturated heterocycles. The predicted molar refractivity (Wildman–Crippen MR) is 79.9 cm³/mol. The van der Waals surface area contributed by atoms with Gasteiger partial charge in [-0.3, -0.25) is 15.1 Å². The third-order valence-electron chi connectivity index (χ3n) is 3.95. The molecule has 1 aromatic rings. The summed E-state index contributed by atoms with van der Waals surface area (Å²) >= 11 is 0. The SMILES string of the molecule is COc1ccc(CN2CCC(C(=O)NN)CC2)cc1OC. The van der Waals surface area contributed by atoms with Crippen molar-refractivity contribution in [2.75, 3.05) is 27.3 Å². The van der Waals surface area contributed by atoms with E-state index in [0.29, 0.717) is 0 Å². The highest BCUT2D eigenvalue weighted by Crippen LogP contribution is 2.28. The number of methoxy groups -OCH3 is 2. The Balaban J connectivity index is 1.93. The molecule has 0 aromatic heterocycles. The molecule has 3 N–H and O–H groups in total. The third-order valence-corrected chi connectivity index (χ3v) is 3.95. The van der Waals surface area contributed by atoms with Crippen LogP contribution in [0.4, 0.5) is 0 Å². The Labute approximate surface area is 125 Å². The van der Waals surface area contributed by atoms with Crippen LogP contribution in [0.1, 0.15) is 18.4 Å². The number of piperidine rings is 1. The van der Waals surface area contributed by atoms with Crippen molar-refractivity contribution in [3.8, 4) is 11.5 Å². The molecule has 21 heavy (non-hydrogen) atoms. The van der Waals surface area contributed by atoms with Crippen LogP contribution in [0.3, 0.4) is 0 Å². The molecule has 1 fully saturated rings. The first kappa shape index (κ1) is 15.6. The normalized spacial score (nSPS) is 16.5. The Morgan fingerprint density at radius 2 is 1.95 bits per heavy atom. The molecule has 1 heterocycles. The third kappa shape index (κ3) is 3.86. The molecule has 0 spiro atoms. The lowest BCUT2D eigenvalue weighted by molar-refractivity contribution is -0.126. The number of hydrogen-bond donors (Lipinski definition) is 2. The number of nitrogens with zero attached hydrogens (tertiary/aromatic N) is 1. The summed E-state index contributed by atoms with van der Waals surface area (Å²) in [6.07, 6.45) is 1.69. The number of hydrazine groups is 1. The average Bonchev–Trinajstić information content (AvgIpc) is 2.54. The number of amides is 1. The van der Waals surface area contributed by atoms with E-state index in [4.69, 9.17) is 15.3 Å². The molecule has 2 rings (SSSR count). The molecule has 0 atom stereocenters. The monoisotopic (exact) mass is 293 g/mol. The molecular formula is C15H23N3O3. The summed E-state index contributed by atoms with van der Waals surface area (Å²) < 4.78 is 10.6. The number of rotatable bonds is 5. The van der Waals surface area contributed by atoms with Crippen molar-refractivity contribution in [3.63, 3.8) is 0 Å². The Morgan fingerprint density at radius 1 is 1.29 bits per heavy atom. The fourth-order valence-electron chi connectivity index (χ4n) is 2.71. The topological polar surface area (TPSA) is 76.8 Å². The van der Waals surface area contributed by atoms with E-state index < -0.39 is 0 Å². The van der Waals surface area contributed by atoms with Gasteiger partial charge in [0.1, 0.15) is 0 Å². The number of likely N-dealkylation sites (tertiary alicyclic amines) is 1. The molecule has 1 aliphatic rings. The minimum Gasteiger partial charge on any atom is -0.493 e. The van der Waals surface area contributed by atoms with Gasteiger partial charge in [-0.1, -0.05) is 6.07 Å². The standard InChI is InChI=1S/C15H23N3O3/c1-20-13-4-3-11(9-14(13)21-2)10-18-7-5-12(6-8-18)15(19)17-16/h3-4,9,12H,5-8,10,16H2,1-2H3,(H,17,19). The van der Waals surface area contributed by atoms with E-state index in [2.05, 4.69) is 10.3 Å². The fourth-order valence-corrected chi connectivity index (χ4v) is 2.71. The summed E-state index contributed by atoms with van der Waals surface area (Å²) in [5, 5.41) is 0. The van der Waals surface area contributed by atoms with Gasteiger partial charge >= 0.3 is 0 Å². The van der Waals surface area contributed by atoms with Crippen molar-refractivity contribution in [3.05, 3.63) is 23.8 Å². The smallest absolute Gasteiger partial charge is 0.237 e. The van der Waals surface area contributed by atoms with Gasteiger partial charge < -0.3 is 9.47 Å². The van der Waals surface area contributed by atoms with Gasteiger partial charge in [0, 0.05) is 12.5 Å². The van der Waals surface area contributed by atoms with E-state index in [1.807, 2.05) is 18.2 Å². The molecule has 6 nitrogen and oxygen atoms in total. The van der Waals surface area contributed by atoms with Crippen LogP contribution in [0.2, 0.25) is 0 Å². The van der Waals surface area contributed by atoms with Crippen LogP contribution in [-0.4, -0.2) is 38.1 Å². The minimum absolute atomic E-state index is 0.0386. The summed E-state index contributed by atoms with van der Waals surface area (Å²) in [5.74, 6) is 6.64. The predicted octanol–water partition coefficient (Wildman–Crippen LogP) is 0.906. The largest absolute Gasteiger partial charge is 0.493 e. The van der Waals surface area contributed by atoms with Gasteiger partial charge in [-0.2, -0.15) is 0 Å². The lowest BCUT2D eigenvalue weighted by atomic mass is 9.96. The van der Waals surface area contributed by atoms with Crippen LogP contribution in [0.15, 0.2) is 18.2 Å². The van der Waals surface area contributed by atoms with Crippen LogP contribution in [-0.2, 0) is 11.3 Å². The van der Waals surface area contributed by atoms with Crippen LogP contribution in [0, 0.1) is 5.92 Å². The van der Waals surface area contributed by atoms with Crippen molar-refractivity contribution in [1.29, 1.82) is 0 Å². The average molecular weight is 293 g/mol. The lowest BCUT2D eigenvalue weighted by Crippen LogP contribution is -2.42. The summed E-state index contributed by atoms with van der Waals surface area (Å²) in [7, 11) is 3.27. The molecule has 1 amide bonds. The van der Waals surface area contributed by atoms with Crippen molar-refractivity contribution >= 4 is 5.91 Å². The van der Waals surface area contributed by atoms with Crippen LogP contribution in [0.25, 0.3) is 0 Å². The van der Waals surface area contributed by atoms with Crippen LogP contribution in [0.5, 0.6) is 11.5 Å². The van der Waals surface area contributed by atoms with E-state index in [0.717, 1.165) is 44.0 Å². The quantitative estimate of drug-likeness (QED) is 0.479. The first-order valence-corrected chi connectivity index (χ1v) is 7.11. The Kier molecular flexibility index (Phi) is 5.41. The highest BCUT2D eigenvalue weighted by atomic mass is 16.5. The number of hydrogen-bond acceptors (Lipinski definition) is 5. The van der Waals surface area contributed by atoms with Crippen LogP contribution >= 0.6 is 0 Å². The zero-order chi connectivity index (χ0) is 15.2. The maximum absolute atomic E-state index is 11.5. The van der Waals surface area contributed by atoms with Crippen LogP contribution < -0.4 is 20.7 Å². The van der Waals surface area contributed by atoms with Crippen molar-refractivity contribution < 1.29 is 14.3 Å². The number of carbonyl (C=O) groups excluding carboxylic acids is 1. The summed E-state index contributed by atoms with van der Waals surface area (Å²) in [5.41, 5.74) is 3.41. The summed E-state index contributed by atoms with van der Waals surface area (Å²) in [6.45, 7) is 2.64. The zero-order valence-electron chi connectivity index (χ0n) is 12.6. The molecule has 0 radical (unpaired) electrons. The molecule has 0 unspecified atom stereocenters. The van der Waals surface area contributed by atoms with E-state index in [9.17, 15) is 4.79 Å². The Bertz CT molecular complexity index is 485. The molecule has 1 aliphatic heterocycles. The molecule has 6 heteroatoms. The van der Waals surface area contributed by atoms with E-state index in [1.54, 1.807) is 14.2 Å².